The maximum absolute atomic E-state index is 4.51. The van der Waals surface area contributed by atoms with E-state index in [1.54, 1.807) is 0 Å². The Labute approximate surface area is 114 Å². The summed E-state index contributed by atoms with van der Waals surface area (Å²) >= 11 is 0. The van der Waals surface area contributed by atoms with Gasteiger partial charge in [0, 0.05) is 37.7 Å². The molecule has 2 aromatic heterocycles. The predicted molar refractivity (Wildman–Crippen MR) is 74.6 cm³/mol. The number of hydrogen-bond acceptors (Lipinski definition) is 3. The average Bonchev–Trinajstić information content (AvgIpc) is 3.06. The molecular formula is C15H20N4. The van der Waals surface area contributed by atoms with Gasteiger partial charge >= 0.3 is 0 Å². The molecule has 3 rings (SSSR count). The van der Waals surface area contributed by atoms with Gasteiger partial charge in [-0.2, -0.15) is 0 Å². The topological polar surface area (TPSA) is 34.0 Å². The van der Waals surface area contributed by atoms with E-state index in [0.29, 0.717) is 6.04 Å². The zero-order chi connectivity index (χ0) is 13.1. The molecule has 19 heavy (non-hydrogen) atoms. The summed E-state index contributed by atoms with van der Waals surface area (Å²) in [5.74, 6) is 0. The molecule has 0 aromatic carbocycles. The van der Waals surface area contributed by atoms with Gasteiger partial charge in [-0.1, -0.05) is 6.07 Å². The highest BCUT2D eigenvalue weighted by molar-refractivity contribution is 5.12. The minimum absolute atomic E-state index is 0.609. The van der Waals surface area contributed by atoms with E-state index in [4.69, 9.17) is 0 Å². The number of likely N-dealkylation sites (tertiary alicyclic amines) is 1. The highest BCUT2D eigenvalue weighted by Gasteiger charge is 2.24. The lowest BCUT2D eigenvalue weighted by Gasteiger charge is -2.24. The van der Waals surface area contributed by atoms with Crippen LogP contribution in [0.1, 0.15) is 24.1 Å². The zero-order valence-electron chi connectivity index (χ0n) is 11.4. The summed E-state index contributed by atoms with van der Waals surface area (Å²) in [6, 6.07) is 4.89. The Hall–Kier alpha value is -1.68. The molecule has 1 aliphatic rings. The lowest BCUT2D eigenvalue weighted by molar-refractivity contribution is 0.222. The number of rotatable bonds is 4. The van der Waals surface area contributed by atoms with Gasteiger partial charge in [0.1, 0.15) is 0 Å². The SMILES string of the molecule is Cc1ccc(CN2CCC[C@H]2Cn2ccnc2)nc1. The van der Waals surface area contributed by atoms with E-state index >= 15 is 0 Å². The number of aromatic nitrogens is 3. The summed E-state index contributed by atoms with van der Waals surface area (Å²) in [5.41, 5.74) is 2.39. The summed E-state index contributed by atoms with van der Waals surface area (Å²) in [6.07, 6.45) is 10.3. The molecule has 2 aromatic rings. The number of pyridine rings is 1. The molecule has 0 spiro atoms. The Morgan fingerprint density at radius 1 is 1.37 bits per heavy atom. The van der Waals surface area contributed by atoms with E-state index in [-0.39, 0.29) is 0 Å². The highest BCUT2D eigenvalue weighted by atomic mass is 15.2. The molecule has 100 valence electrons. The van der Waals surface area contributed by atoms with Crippen molar-refractivity contribution >= 4 is 0 Å². The standard InChI is InChI=1S/C15H20N4/c1-13-4-5-14(17-9-13)10-19-7-2-3-15(19)11-18-8-6-16-12-18/h4-6,8-9,12,15H,2-3,7,10-11H2,1H3/t15-/m0/s1. The van der Waals surface area contributed by atoms with Crippen molar-refractivity contribution in [1.82, 2.24) is 19.4 Å². The van der Waals surface area contributed by atoms with Crippen molar-refractivity contribution in [2.75, 3.05) is 6.54 Å². The van der Waals surface area contributed by atoms with E-state index in [9.17, 15) is 0 Å². The van der Waals surface area contributed by atoms with Crippen LogP contribution in [0.4, 0.5) is 0 Å². The number of hydrogen-bond donors (Lipinski definition) is 0. The fourth-order valence-corrected chi connectivity index (χ4v) is 2.75. The Kier molecular flexibility index (Phi) is 3.60. The number of imidazole rings is 1. The summed E-state index contributed by atoms with van der Waals surface area (Å²) in [5, 5.41) is 0. The average molecular weight is 256 g/mol. The van der Waals surface area contributed by atoms with Crippen LogP contribution < -0.4 is 0 Å². The van der Waals surface area contributed by atoms with E-state index in [0.717, 1.165) is 13.1 Å². The zero-order valence-corrected chi connectivity index (χ0v) is 11.4. The molecule has 4 heteroatoms. The molecule has 1 aliphatic heterocycles. The second-order valence-electron chi connectivity index (χ2n) is 5.35. The Morgan fingerprint density at radius 3 is 3.05 bits per heavy atom. The van der Waals surface area contributed by atoms with Crippen LogP contribution in [0, 0.1) is 6.92 Å². The Morgan fingerprint density at radius 2 is 2.32 bits per heavy atom. The molecule has 0 N–H and O–H groups in total. The third-order valence-corrected chi connectivity index (χ3v) is 3.82. The van der Waals surface area contributed by atoms with Gasteiger partial charge in [-0.15, -0.1) is 0 Å². The number of aryl methyl sites for hydroxylation is 1. The second kappa shape index (κ2) is 5.53. The summed E-state index contributed by atoms with van der Waals surface area (Å²) in [4.78, 5) is 11.2. The molecule has 0 radical (unpaired) electrons. The van der Waals surface area contributed by atoms with Gasteiger partial charge in [0.05, 0.1) is 12.0 Å². The smallest absolute Gasteiger partial charge is 0.0946 e. The van der Waals surface area contributed by atoms with Crippen molar-refractivity contribution in [3.8, 4) is 0 Å². The lowest BCUT2D eigenvalue weighted by atomic mass is 10.2. The summed E-state index contributed by atoms with van der Waals surface area (Å²) in [7, 11) is 0. The minimum Gasteiger partial charge on any atom is -0.336 e. The fourth-order valence-electron chi connectivity index (χ4n) is 2.75. The first-order chi connectivity index (χ1) is 9.31. The van der Waals surface area contributed by atoms with Crippen molar-refractivity contribution in [3.63, 3.8) is 0 Å². The van der Waals surface area contributed by atoms with Crippen LogP contribution in [0.5, 0.6) is 0 Å². The van der Waals surface area contributed by atoms with Crippen molar-refractivity contribution in [2.24, 2.45) is 0 Å². The van der Waals surface area contributed by atoms with Crippen LogP contribution in [0.15, 0.2) is 37.1 Å². The van der Waals surface area contributed by atoms with E-state index in [2.05, 4.69) is 38.5 Å². The lowest BCUT2D eigenvalue weighted by Crippen LogP contribution is -2.32. The third kappa shape index (κ3) is 3.01. The first-order valence-corrected chi connectivity index (χ1v) is 6.92. The van der Waals surface area contributed by atoms with E-state index < -0.39 is 0 Å². The number of nitrogens with zero attached hydrogens (tertiary/aromatic N) is 4. The fraction of sp³-hybridized carbons (Fsp3) is 0.467. The van der Waals surface area contributed by atoms with Crippen LogP contribution in [-0.4, -0.2) is 32.0 Å². The summed E-state index contributed by atoms with van der Waals surface area (Å²) < 4.78 is 2.17. The van der Waals surface area contributed by atoms with Crippen LogP contribution in [0.3, 0.4) is 0 Å². The van der Waals surface area contributed by atoms with Gasteiger partial charge in [0.15, 0.2) is 0 Å². The van der Waals surface area contributed by atoms with Crippen molar-refractivity contribution < 1.29 is 0 Å². The molecule has 0 bridgehead atoms. The Bertz CT molecular complexity index is 503. The Balaban J connectivity index is 1.64. The van der Waals surface area contributed by atoms with Crippen LogP contribution in [0.25, 0.3) is 0 Å². The quantitative estimate of drug-likeness (QED) is 0.841. The first-order valence-electron chi connectivity index (χ1n) is 6.92. The monoisotopic (exact) mass is 256 g/mol. The molecule has 0 unspecified atom stereocenters. The first kappa shape index (κ1) is 12.4. The van der Waals surface area contributed by atoms with Crippen molar-refractivity contribution in [3.05, 3.63) is 48.3 Å². The van der Waals surface area contributed by atoms with Gasteiger partial charge in [-0.25, -0.2) is 4.98 Å². The molecule has 1 fully saturated rings. The molecule has 4 nitrogen and oxygen atoms in total. The van der Waals surface area contributed by atoms with E-state index in [1.807, 2.05) is 24.9 Å². The maximum atomic E-state index is 4.51. The van der Waals surface area contributed by atoms with Crippen LogP contribution in [-0.2, 0) is 13.1 Å². The van der Waals surface area contributed by atoms with Gasteiger partial charge in [-0.3, -0.25) is 9.88 Å². The maximum Gasteiger partial charge on any atom is 0.0946 e. The van der Waals surface area contributed by atoms with Crippen LogP contribution in [0.2, 0.25) is 0 Å². The van der Waals surface area contributed by atoms with Crippen molar-refractivity contribution in [2.45, 2.75) is 38.9 Å². The molecule has 0 saturated carbocycles. The van der Waals surface area contributed by atoms with Crippen LogP contribution >= 0.6 is 0 Å². The van der Waals surface area contributed by atoms with Gasteiger partial charge in [0.2, 0.25) is 0 Å². The predicted octanol–water partition coefficient (Wildman–Crippen LogP) is 2.25. The highest BCUT2D eigenvalue weighted by Crippen LogP contribution is 2.20. The molecule has 0 amide bonds. The van der Waals surface area contributed by atoms with Gasteiger partial charge in [0.25, 0.3) is 0 Å². The van der Waals surface area contributed by atoms with Gasteiger partial charge < -0.3 is 4.57 Å². The summed E-state index contributed by atoms with van der Waals surface area (Å²) in [6.45, 7) is 5.24. The minimum atomic E-state index is 0.609. The van der Waals surface area contributed by atoms with E-state index in [1.165, 1.54) is 30.6 Å². The second-order valence-corrected chi connectivity index (χ2v) is 5.35. The molecular weight excluding hydrogens is 236 g/mol. The van der Waals surface area contributed by atoms with Gasteiger partial charge in [-0.05, 0) is 37.9 Å². The normalized spacial score (nSPS) is 19.9. The van der Waals surface area contributed by atoms with Crippen molar-refractivity contribution in [1.29, 1.82) is 0 Å². The molecule has 3 heterocycles. The molecule has 1 atom stereocenters. The third-order valence-electron chi connectivity index (χ3n) is 3.82. The molecule has 0 aliphatic carbocycles. The largest absolute Gasteiger partial charge is 0.336 e. The molecule has 1 saturated heterocycles.